The van der Waals surface area contributed by atoms with Crippen LogP contribution in [0.1, 0.15) is 26.2 Å². The van der Waals surface area contributed by atoms with Gasteiger partial charge >= 0.3 is 0 Å². The number of nitrogens with one attached hydrogen (secondary N) is 1. The van der Waals surface area contributed by atoms with Crippen molar-refractivity contribution >= 4 is 0 Å². The highest BCUT2D eigenvalue weighted by Crippen LogP contribution is 2.39. The molecule has 0 amide bonds. The molecular weight excluding hydrogens is 254 g/mol. The molecule has 1 saturated carbocycles. The summed E-state index contributed by atoms with van der Waals surface area (Å²) in [6, 6.07) is 7.37. The normalized spacial score (nSPS) is 18.1. The van der Waals surface area contributed by atoms with E-state index < -0.39 is 6.10 Å². The minimum Gasteiger partial charge on any atom is -0.497 e. The molecule has 0 spiro atoms. The van der Waals surface area contributed by atoms with Gasteiger partial charge in [-0.15, -0.1) is 0 Å². The maximum absolute atomic E-state index is 9.89. The number of hydrogen-bond acceptors (Lipinski definition) is 4. The Balaban J connectivity index is 1.62. The first-order valence-electron chi connectivity index (χ1n) is 7.27. The van der Waals surface area contributed by atoms with E-state index in [1.54, 1.807) is 7.11 Å². The molecule has 1 aromatic carbocycles. The summed E-state index contributed by atoms with van der Waals surface area (Å²) in [6.45, 7) is 4.15. The zero-order valence-corrected chi connectivity index (χ0v) is 12.4. The highest BCUT2D eigenvalue weighted by molar-refractivity contribution is 5.31. The van der Waals surface area contributed by atoms with Gasteiger partial charge in [0.25, 0.3) is 0 Å². The van der Waals surface area contributed by atoms with Gasteiger partial charge in [-0.1, -0.05) is 13.3 Å². The molecule has 1 unspecified atom stereocenters. The first-order chi connectivity index (χ1) is 9.61. The molecule has 0 heterocycles. The first-order valence-corrected chi connectivity index (χ1v) is 7.27. The molecule has 0 aromatic heterocycles. The van der Waals surface area contributed by atoms with Crippen molar-refractivity contribution in [3.63, 3.8) is 0 Å². The fraction of sp³-hybridized carbons (Fsp3) is 0.625. The second-order valence-electron chi connectivity index (χ2n) is 5.94. The van der Waals surface area contributed by atoms with E-state index in [0.29, 0.717) is 18.6 Å². The number of hydrogen-bond donors (Lipinski definition) is 2. The molecule has 0 saturated heterocycles. The van der Waals surface area contributed by atoms with Gasteiger partial charge in [0.1, 0.15) is 24.2 Å². The van der Waals surface area contributed by atoms with Crippen LogP contribution >= 0.6 is 0 Å². The van der Waals surface area contributed by atoms with E-state index in [4.69, 9.17) is 9.47 Å². The molecule has 0 bridgehead atoms. The SMILES string of the molecule is COc1ccc(OCC(O)CNCC2(C)CCC2)cc1. The second kappa shape index (κ2) is 6.95. The van der Waals surface area contributed by atoms with Crippen molar-refractivity contribution in [1.29, 1.82) is 0 Å². The number of benzene rings is 1. The molecule has 1 aliphatic rings. The standard InChI is InChI=1S/C16H25NO3/c1-16(8-3-9-16)12-17-10-13(18)11-20-15-6-4-14(19-2)5-7-15/h4-7,13,17-18H,3,8-12H2,1-2H3. The topological polar surface area (TPSA) is 50.7 Å². The first kappa shape index (κ1) is 15.1. The molecule has 2 rings (SSSR count). The van der Waals surface area contributed by atoms with E-state index in [0.717, 1.165) is 18.0 Å². The Hall–Kier alpha value is -1.26. The molecule has 4 nitrogen and oxygen atoms in total. The lowest BCUT2D eigenvalue weighted by Crippen LogP contribution is -2.41. The van der Waals surface area contributed by atoms with Gasteiger partial charge in [0.05, 0.1) is 7.11 Å². The largest absolute Gasteiger partial charge is 0.497 e. The minimum atomic E-state index is -0.485. The Morgan fingerprint density at radius 3 is 2.45 bits per heavy atom. The molecule has 112 valence electrons. The molecule has 1 aromatic rings. The van der Waals surface area contributed by atoms with E-state index >= 15 is 0 Å². The number of methoxy groups -OCH3 is 1. The zero-order valence-electron chi connectivity index (χ0n) is 12.4. The molecule has 1 fully saturated rings. The molecule has 0 aliphatic heterocycles. The van der Waals surface area contributed by atoms with Gasteiger partial charge < -0.3 is 19.9 Å². The third-order valence-electron chi connectivity index (χ3n) is 3.99. The van der Waals surface area contributed by atoms with E-state index in [9.17, 15) is 5.11 Å². The fourth-order valence-electron chi connectivity index (χ4n) is 2.42. The summed E-state index contributed by atoms with van der Waals surface area (Å²) >= 11 is 0. The van der Waals surface area contributed by atoms with Gasteiger partial charge in [0, 0.05) is 13.1 Å². The van der Waals surface area contributed by atoms with Crippen LogP contribution in [0.4, 0.5) is 0 Å². The fourth-order valence-corrected chi connectivity index (χ4v) is 2.42. The molecule has 1 atom stereocenters. The predicted molar refractivity (Wildman–Crippen MR) is 79.3 cm³/mol. The van der Waals surface area contributed by atoms with Crippen LogP contribution in [-0.4, -0.2) is 38.0 Å². The van der Waals surface area contributed by atoms with Gasteiger partial charge in [-0.2, -0.15) is 0 Å². The van der Waals surface area contributed by atoms with Crippen LogP contribution in [-0.2, 0) is 0 Å². The smallest absolute Gasteiger partial charge is 0.119 e. The monoisotopic (exact) mass is 279 g/mol. The second-order valence-corrected chi connectivity index (χ2v) is 5.94. The van der Waals surface area contributed by atoms with E-state index in [-0.39, 0.29) is 0 Å². The summed E-state index contributed by atoms with van der Waals surface area (Å²) in [7, 11) is 1.63. The quantitative estimate of drug-likeness (QED) is 0.766. The van der Waals surface area contributed by atoms with Crippen LogP contribution in [0, 0.1) is 5.41 Å². The number of ether oxygens (including phenoxy) is 2. The number of aliphatic hydroxyl groups excluding tert-OH is 1. The van der Waals surface area contributed by atoms with Crippen molar-refractivity contribution in [2.75, 3.05) is 26.8 Å². The summed E-state index contributed by atoms with van der Waals surface area (Å²) in [5.41, 5.74) is 0.441. The average molecular weight is 279 g/mol. The Morgan fingerprint density at radius 2 is 1.90 bits per heavy atom. The summed E-state index contributed by atoms with van der Waals surface area (Å²) in [6.07, 6.45) is 3.43. The summed E-state index contributed by atoms with van der Waals surface area (Å²) in [5.74, 6) is 1.55. The molecule has 0 radical (unpaired) electrons. The number of rotatable bonds is 8. The lowest BCUT2D eigenvalue weighted by molar-refractivity contribution is 0.0946. The van der Waals surface area contributed by atoms with E-state index in [1.807, 2.05) is 24.3 Å². The van der Waals surface area contributed by atoms with Crippen LogP contribution in [0.5, 0.6) is 11.5 Å². The third-order valence-corrected chi connectivity index (χ3v) is 3.99. The molecule has 1 aliphatic carbocycles. The van der Waals surface area contributed by atoms with Crippen molar-refractivity contribution < 1.29 is 14.6 Å². The summed E-state index contributed by atoms with van der Waals surface area (Å²) in [4.78, 5) is 0. The van der Waals surface area contributed by atoms with Gasteiger partial charge in [-0.05, 0) is 42.5 Å². The third kappa shape index (κ3) is 4.39. The van der Waals surface area contributed by atoms with E-state index in [1.165, 1.54) is 19.3 Å². The van der Waals surface area contributed by atoms with Gasteiger partial charge in [-0.3, -0.25) is 0 Å². The van der Waals surface area contributed by atoms with Gasteiger partial charge in [0.15, 0.2) is 0 Å². The Labute approximate surface area is 121 Å². The van der Waals surface area contributed by atoms with E-state index in [2.05, 4.69) is 12.2 Å². The van der Waals surface area contributed by atoms with Crippen LogP contribution < -0.4 is 14.8 Å². The highest BCUT2D eigenvalue weighted by atomic mass is 16.5. The van der Waals surface area contributed by atoms with Crippen molar-refractivity contribution in [2.24, 2.45) is 5.41 Å². The zero-order chi connectivity index (χ0) is 14.4. The van der Waals surface area contributed by atoms with Crippen molar-refractivity contribution in [3.8, 4) is 11.5 Å². The highest BCUT2D eigenvalue weighted by Gasteiger charge is 2.31. The Morgan fingerprint density at radius 1 is 1.25 bits per heavy atom. The predicted octanol–water partition coefficient (Wildman–Crippen LogP) is 2.21. The summed E-state index contributed by atoms with van der Waals surface area (Å²) in [5, 5.41) is 13.2. The molecular formula is C16H25NO3. The van der Waals surface area contributed by atoms with Gasteiger partial charge in [-0.25, -0.2) is 0 Å². The van der Waals surface area contributed by atoms with Gasteiger partial charge in [0.2, 0.25) is 0 Å². The average Bonchev–Trinajstić information content (AvgIpc) is 2.44. The summed E-state index contributed by atoms with van der Waals surface area (Å²) < 4.78 is 10.6. The van der Waals surface area contributed by atoms with Crippen LogP contribution in [0.3, 0.4) is 0 Å². The van der Waals surface area contributed by atoms with Crippen LogP contribution in [0.15, 0.2) is 24.3 Å². The van der Waals surface area contributed by atoms with Crippen molar-refractivity contribution in [2.45, 2.75) is 32.3 Å². The Bertz CT molecular complexity index is 401. The number of aliphatic hydroxyl groups is 1. The molecule has 2 N–H and O–H groups in total. The maximum atomic E-state index is 9.89. The lowest BCUT2D eigenvalue weighted by Gasteiger charge is -2.38. The molecule has 4 heteroatoms. The molecule has 20 heavy (non-hydrogen) atoms. The van der Waals surface area contributed by atoms with Crippen molar-refractivity contribution in [1.82, 2.24) is 5.32 Å². The minimum absolute atomic E-state index is 0.302. The van der Waals surface area contributed by atoms with Crippen molar-refractivity contribution in [3.05, 3.63) is 24.3 Å². The van der Waals surface area contributed by atoms with Crippen LogP contribution in [0.25, 0.3) is 0 Å². The lowest BCUT2D eigenvalue weighted by atomic mass is 9.70. The van der Waals surface area contributed by atoms with Crippen LogP contribution in [0.2, 0.25) is 0 Å². The Kier molecular flexibility index (Phi) is 5.26. The maximum Gasteiger partial charge on any atom is 0.119 e.